The molecule has 0 atom stereocenters. The Morgan fingerprint density at radius 2 is 1.81 bits per heavy atom. The van der Waals surface area contributed by atoms with Crippen molar-refractivity contribution in [3.63, 3.8) is 0 Å². The molecular formula is C27H21ClFN3O4S. The number of aryl methyl sites for hydroxylation is 2. The quantitative estimate of drug-likeness (QED) is 0.264. The first-order valence-electron chi connectivity index (χ1n) is 11.1. The second-order valence-corrected chi connectivity index (χ2v) is 9.10. The van der Waals surface area contributed by atoms with Crippen LogP contribution >= 0.6 is 23.8 Å². The maximum Gasteiger partial charge on any atom is 0.270 e. The molecule has 1 heterocycles. The van der Waals surface area contributed by atoms with Gasteiger partial charge in [0, 0.05) is 0 Å². The molecule has 37 heavy (non-hydrogen) atoms. The minimum absolute atomic E-state index is 0.00686. The van der Waals surface area contributed by atoms with Gasteiger partial charge in [-0.05, 0) is 85.2 Å². The number of rotatable bonds is 6. The number of nitrogens with one attached hydrogen (secondary N) is 2. The summed E-state index contributed by atoms with van der Waals surface area (Å²) in [4.78, 5) is 39.2. The van der Waals surface area contributed by atoms with Crippen LogP contribution in [-0.2, 0) is 14.4 Å². The number of carbonyl (C=O) groups excluding carboxylic acids is 3. The Morgan fingerprint density at radius 3 is 2.49 bits per heavy atom. The first-order chi connectivity index (χ1) is 17.6. The van der Waals surface area contributed by atoms with E-state index in [9.17, 15) is 18.8 Å². The predicted molar refractivity (Wildman–Crippen MR) is 144 cm³/mol. The van der Waals surface area contributed by atoms with Crippen molar-refractivity contribution in [2.75, 3.05) is 16.8 Å². The second-order valence-electron chi connectivity index (χ2n) is 8.31. The zero-order valence-corrected chi connectivity index (χ0v) is 21.4. The minimum Gasteiger partial charge on any atom is -0.482 e. The van der Waals surface area contributed by atoms with Gasteiger partial charge in [0.25, 0.3) is 17.7 Å². The Morgan fingerprint density at radius 1 is 1.11 bits per heavy atom. The van der Waals surface area contributed by atoms with Gasteiger partial charge in [-0.25, -0.2) is 4.39 Å². The molecule has 1 aliphatic rings. The van der Waals surface area contributed by atoms with Gasteiger partial charge in [0.1, 0.15) is 17.1 Å². The SMILES string of the molecule is Cc1cc(C)cc(N2C(=O)/C(=C/c3ccc(OCC(=O)Nc4ccccc4F)c(Cl)c3)C(=O)NC2=S)c1. The van der Waals surface area contributed by atoms with E-state index in [1.54, 1.807) is 24.3 Å². The largest absolute Gasteiger partial charge is 0.482 e. The van der Waals surface area contributed by atoms with E-state index in [-0.39, 0.29) is 27.1 Å². The number of halogens is 2. The van der Waals surface area contributed by atoms with Crippen LogP contribution in [0.5, 0.6) is 5.75 Å². The van der Waals surface area contributed by atoms with Crippen molar-refractivity contribution in [1.29, 1.82) is 0 Å². The van der Waals surface area contributed by atoms with Gasteiger partial charge in [-0.3, -0.25) is 24.6 Å². The van der Waals surface area contributed by atoms with Gasteiger partial charge in [0.05, 0.1) is 16.4 Å². The molecule has 2 N–H and O–H groups in total. The zero-order chi connectivity index (χ0) is 26.7. The van der Waals surface area contributed by atoms with Crippen LogP contribution in [0, 0.1) is 19.7 Å². The van der Waals surface area contributed by atoms with Gasteiger partial charge < -0.3 is 10.1 Å². The summed E-state index contributed by atoms with van der Waals surface area (Å²) in [7, 11) is 0. The number of anilines is 2. The fourth-order valence-corrected chi connectivity index (χ4v) is 4.28. The predicted octanol–water partition coefficient (Wildman–Crippen LogP) is 4.94. The maximum atomic E-state index is 13.7. The van der Waals surface area contributed by atoms with Crippen LogP contribution in [-0.4, -0.2) is 29.4 Å². The average Bonchev–Trinajstić information content (AvgIpc) is 2.82. The van der Waals surface area contributed by atoms with Gasteiger partial charge in [-0.2, -0.15) is 0 Å². The lowest BCUT2D eigenvalue weighted by Crippen LogP contribution is -2.54. The van der Waals surface area contributed by atoms with E-state index in [1.165, 1.54) is 41.3 Å². The molecule has 1 aliphatic heterocycles. The third-order valence-corrected chi connectivity index (χ3v) is 5.92. The molecule has 0 bridgehead atoms. The number of benzene rings is 3. The highest BCUT2D eigenvalue weighted by Crippen LogP contribution is 2.28. The summed E-state index contributed by atoms with van der Waals surface area (Å²) < 4.78 is 19.2. The van der Waals surface area contributed by atoms with Crippen molar-refractivity contribution in [3.05, 3.63) is 93.8 Å². The Kier molecular flexibility index (Phi) is 7.66. The van der Waals surface area contributed by atoms with E-state index in [0.29, 0.717) is 11.3 Å². The first-order valence-corrected chi connectivity index (χ1v) is 11.9. The van der Waals surface area contributed by atoms with E-state index in [4.69, 9.17) is 28.6 Å². The molecule has 188 valence electrons. The summed E-state index contributed by atoms with van der Waals surface area (Å²) in [6.45, 7) is 3.40. The third kappa shape index (κ3) is 6.02. The van der Waals surface area contributed by atoms with Crippen LogP contribution in [0.4, 0.5) is 15.8 Å². The number of nitrogens with zero attached hydrogens (tertiary/aromatic N) is 1. The Hall–Kier alpha value is -4.08. The molecule has 3 aromatic rings. The number of thiocarbonyl (C=S) groups is 1. The number of amides is 3. The number of carbonyl (C=O) groups is 3. The fourth-order valence-electron chi connectivity index (χ4n) is 3.75. The summed E-state index contributed by atoms with van der Waals surface area (Å²) in [6.07, 6.45) is 1.40. The van der Waals surface area contributed by atoms with Crippen molar-refractivity contribution in [2.45, 2.75) is 13.8 Å². The monoisotopic (exact) mass is 537 g/mol. The Labute approximate surface area is 222 Å². The molecule has 10 heteroatoms. The summed E-state index contributed by atoms with van der Waals surface area (Å²) in [5.74, 6) is -2.13. The minimum atomic E-state index is -0.628. The molecule has 1 fully saturated rings. The highest BCUT2D eigenvalue weighted by Gasteiger charge is 2.34. The van der Waals surface area contributed by atoms with Gasteiger partial charge in [-0.1, -0.05) is 35.9 Å². The fraction of sp³-hybridized carbons (Fsp3) is 0.111. The van der Waals surface area contributed by atoms with Crippen LogP contribution in [0.2, 0.25) is 5.02 Å². The summed E-state index contributed by atoms with van der Waals surface area (Å²) in [5, 5.41) is 5.11. The molecule has 7 nitrogen and oxygen atoms in total. The Bertz CT molecular complexity index is 1450. The van der Waals surface area contributed by atoms with Crippen LogP contribution in [0.25, 0.3) is 6.08 Å². The molecule has 0 radical (unpaired) electrons. The second kappa shape index (κ2) is 10.9. The molecule has 3 amide bonds. The summed E-state index contributed by atoms with van der Waals surface area (Å²) in [6, 6.07) is 15.9. The van der Waals surface area contributed by atoms with Crippen molar-refractivity contribution in [1.82, 2.24) is 5.32 Å². The van der Waals surface area contributed by atoms with Crippen LogP contribution in [0.15, 0.2) is 66.2 Å². The van der Waals surface area contributed by atoms with E-state index < -0.39 is 30.1 Å². The van der Waals surface area contributed by atoms with Crippen LogP contribution in [0.3, 0.4) is 0 Å². The molecule has 3 aromatic carbocycles. The van der Waals surface area contributed by atoms with E-state index >= 15 is 0 Å². The number of hydrogen-bond donors (Lipinski definition) is 2. The lowest BCUT2D eigenvalue weighted by atomic mass is 10.1. The summed E-state index contributed by atoms with van der Waals surface area (Å²) in [5.41, 5.74) is 2.81. The van der Waals surface area contributed by atoms with E-state index in [1.807, 2.05) is 19.9 Å². The van der Waals surface area contributed by atoms with Crippen molar-refractivity contribution in [3.8, 4) is 5.75 Å². The Balaban J connectivity index is 1.50. The summed E-state index contributed by atoms with van der Waals surface area (Å²) >= 11 is 11.6. The molecule has 0 aliphatic carbocycles. The van der Waals surface area contributed by atoms with Gasteiger partial charge >= 0.3 is 0 Å². The van der Waals surface area contributed by atoms with Crippen LogP contribution in [0.1, 0.15) is 16.7 Å². The van der Waals surface area contributed by atoms with Crippen LogP contribution < -0.4 is 20.3 Å². The molecule has 0 aromatic heterocycles. The third-order valence-electron chi connectivity index (χ3n) is 5.34. The molecule has 1 saturated heterocycles. The lowest BCUT2D eigenvalue weighted by Gasteiger charge is -2.29. The number of para-hydroxylation sites is 1. The van der Waals surface area contributed by atoms with Crippen molar-refractivity contribution >= 4 is 64.1 Å². The highest BCUT2D eigenvalue weighted by molar-refractivity contribution is 7.80. The maximum absolute atomic E-state index is 13.7. The molecule has 0 unspecified atom stereocenters. The molecular weight excluding hydrogens is 517 g/mol. The van der Waals surface area contributed by atoms with Gasteiger partial charge in [-0.15, -0.1) is 0 Å². The molecule has 4 rings (SSSR count). The number of ether oxygens (including phenoxy) is 1. The lowest BCUT2D eigenvalue weighted by molar-refractivity contribution is -0.122. The number of hydrogen-bond acceptors (Lipinski definition) is 5. The smallest absolute Gasteiger partial charge is 0.270 e. The average molecular weight is 538 g/mol. The normalized spacial score (nSPS) is 14.5. The van der Waals surface area contributed by atoms with E-state index in [2.05, 4.69) is 10.6 Å². The topological polar surface area (TPSA) is 87.7 Å². The van der Waals surface area contributed by atoms with E-state index in [0.717, 1.165) is 11.1 Å². The first kappa shape index (κ1) is 26.0. The van der Waals surface area contributed by atoms with Crippen molar-refractivity contribution < 1.29 is 23.5 Å². The molecule has 0 saturated carbocycles. The molecule has 0 spiro atoms. The highest BCUT2D eigenvalue weighted by atomic mass is 35.5. The van der Waals surface area contributed by atoms with Gasteiger partial charge in [0.2, 0.25) is 0 Å². The van der Waals surface area contributed by atoms with Crippen molar-refractivity contribution in [2.24, 2.45) is 0 Å². The standard InChI is InChI=1S/C27H21ClFN3O4S/c1-15-9-16(2)11-18(10-15)32-26(35)19(25(34)31-27(32)37)12-17-7-8-23(20(28)13-17)36-14-24(33)30-22-6-4-3-5-21(22)29/h3-13H,14H2,1-2H3,(H,30,33)(H,31,34,37)/b19-12+. The van der Waals surface area contributed by atoms with Gasteiger partial charge in [0.15, 0.2) is 11.7 Å². The zero-order valence-electron chi connectivity index (χ0n) is 19.8.